The van der Waals surface area contributed by atoms with Gasteiger partial charge in [0.05, 0.1) is 11.0 Å². The minimum absolute atomic E-state index is 0.196. The molecule has 8 heteroatoms. The number of carboxylic acid groups (broad SMARTS) is 1. The summed E-state index contributed by atoms with van der Waals surface area (Å²) in [7, 11) is 0. The molecule has 0 radical (unpaired) electrons. The van der Waals surface area contributed by atoms with Crippen LogP contribution in [0.3, 0.4) is 0 Å². The molecule has 1 fully saturated rings. The van der Waals surface area contributed by atoms with Gasteiger partial charge in [-0.15, -0.1) is 0 Å². The minimum Gasteiger partial charge on any atom is -0.465 e. The fraction of sp³-hybridized carbons (Fsp3) is 0.211. The van der Waals surface area contributed by atoms with Gasteiger partial charge in [-0.1, -0.05) is 18.2 Å². The van der Waals surface area contributed by atoms with Crippen molar-refractivity contribution in [2.75, 3.05) is 31.1 Å². The second-order valence-electron chi connectivity index (χ2n) is 6.30. The van der Waals surface area contributed by atoms with Crippen molar-refractivity contribution in [2.24, 2.45) is 0 Å². The van der Waals surface area contributed by atoms with Gasteiger partial charge in [0.25, 0.3) is 5.56 Å². The first-order chi connectivity index (χ1) is 13.0. The second kappa shape index (κ2) is 6.71. The molecule has 7 nitrogen and oxygen atoms in total. The molecule has 1 saturated heterocycles. The number of piperazine rings is 1. The summed E-state index contributed by atoms with van der Waals surface area (Å²) in [6.45, 7) is 1.26. The number of carbonyl (C=O) groups is 1. The second-order valence-corrected chi connectivity index (χ2v) is 6.30. The highest BCUT2D eigenvalue weighted by molar-refractivity contribution is 5.78. The molecule has 0 atom stereocenters. The van der Waals surface area contributed by atoms with Gasteiger partial charge in [-0.25, -0.2) is 14.2 Å². The van der Waals surface area contributed by atoms with E-state index >= 15 is 0 Å². The predicted octanol–water partition coefficient (Wildman–Crippen LogP) is 2.32. The van der Waals surface area contributed by atoms with Gasteiger partial charge in [-0.3, -0.25) is 9.36 Å². The molecule has 3 aromatic rings. The normalized spacial score (nSPS) is 14.6. The van der Waals surface area contributed by atoms with E-state index in [2.05, 4.69) is 4.98 Å². The Morgan fingerprint density at radius 2 is 1.74 bits per heavy atom. The minimum atomic E-state index is -0.982. The van der Waals surface area contributed by atoms with E-state index in [0.717, 1.165) is 0 Å². The maximum atomic E-state index is 13.8. The van der Waals surface area contributed by atoms with Crippen LogP contribution < -0.4 is 10.5 Å². The van der Waals surface area contributed by atoms with Crippen LogP contribution in [0.4, 0.5) is 15.0 Å². The zero-order valence-electron chi connectivity index (χ0n) is 14.4. The molecule has 2 aromatic carbocycles. The molecule has 0 aliphatic carbocycles. The molecule has 1 amide bonds. The number of nitrogens with zero attached hydrogens (tertiary/aromatic N) is 4. The average Bonchev–Trinajstić information content (AvgIpc) is 2.68. The summed E-state index contributed by atoms with van der Waals surface area (Å²) in [6, 6.07) is 13.2. The Morgan fingerprint density at radius 3 is 2.41 bits per heavy atom. The Kier molecular flexibility index (Phi) is 4.23. The first kappa shape index (κ1) is 17.0. The Balaban J connectivity index is 1.86. The van der Waals surface area contributed by atoms with Crippen molar-refractivity contribution in [3.8, 4) is 5.69 Å². The van der Waals surface area contributed by atoms with Crippen molar-refractivity contribution >= 4 is 22.9 Å². The zero-order chi connectivity index (χ0) is 19.0. The van der Waals surface area contributed by atoms with E-state index < -0.39 is 11.9 Å². The van der Waals surface area contributed by atoms with Crippen molar-refractivity contribution in [3.63, 3.8) is 0 Å². The van der Waals surface area contributed by atoms with Crippen LogP contribution >= 0.6 is 0 Å². The van der Waals surface area contributed by atoms with Crippen molar-refractivity contribution < 1.29 is 14.3 Å². The van der Waals surface area contributed by atoms with Gasteiger partial charge in [0, 0.05) is 37.9 Å². The van der Waals surface area contributed by atoms with Crippen LogP contribution in [-0.4, -0.2) is 51.8 Å². The van der Waals surface area contributed by atoms with Crippen molar-refractivity contribution in [1.82, 2.24) is 14.5 Å². The van der Waals surface area contributed by atoms with Gasteiger partial charge in [0.1, 0.15) is 5.82 Å². The number of benzene rings is 2. The Bertz CT molecular complexity index is 1060. The lowest BCUT2D eigenvalue weighted by Crippen LogP contribution is -2.50. The molecular formula is C19H17FN4O3. The monoisotopic (exact) mass is 368 g/mol. The van der Waals surface area contributed by atoms with Crippen molar-refractivity contribution in [3.05, 3.63) is 64.7 Å². The largest absolute Gasteiger partial charge is 0.465 e. The lowest BCUT2D eigenvalue weighted by Gasteiger charge is -2.33. The molecule has 138 valence electrons. The van der Waals surface area contributed by atoms with Gasteiger partial charge < -0.3 is 14.9 Å². The van der Waals surface area contributed by atoms with E-state index in [4.69, 9.17) is 5.11 Å². The molecular weight excluding hydrogens is 351 g/mol. The lowest BCUT2D eigenvalue weighted by atomic mass is 10.2. The molecule has 1 aliphatic rings. The number of fused-ring (bicyclic) bond motifs is 1. The third-order valence-corrected chi connectivity index (χ3v) is 4.66. The highest BCUT2D eigenvalue weighted by Gasteiger charge is 2.24. The van der Waals surface area contributed by atoms with E-state index in [0.29, 0.717) is 29.8 Å². The van der Waals surface area contributed by atoms with Crippen LogP contribution in [0.25, 0.3) is 16.7 Å². The van der Waals surface area contributed by atoms with Crippen LogP contribution in [0.1, 0.15) is 0 Å². The van der Waals surface area contributed by atoms with Gasteiger partial charge >= 0.3 is 6.09 Å². The summed E-state index contributed by atoms with van der Waals surface area (Å²) in [6.07, 6.45) is -0.982. The molecule has 1 N–H and O–H groups in total. The van der Waals surface area contributed by atoms with Gasteiger partial charge in [-0.2, -0.15) is 0 Å². The fourth-order valence-corrected chi connectivity index (χ4v) is 3.30. The van der Waals surface area contributed by atoms with Crippen LogP contribution in [0, 0.1) is 5.82 Å². The van der Waals surface area contributed by atoms with Crippen molar-refractivity contribution in [2.45, 2.75) is 0 Å². The summed E-state index contributed by atoms with van der Waals surface area (Å²) >= 11 is 0. The van der Waals surface area contributed by atoms with Gasteiger partial charge in [0.15, 0.2) is 5.82 Å². The molecule has 27 heavy (non-hydrogen) atoms. The summed E-state index contributed by atoms with van der Waals surface area (Å²) in [4.78, 5) is 31.8. The molecule has 1 aromatic heterocycles. The molecule has 4 rings (SSSR count). The first-order valence-corrected chi connectivity index (χ1v) is 8.55. The topological polar surface area (TPSA) is 78.7 Å². The van der Waals surface area contributed by atoms with E-state index in [-0.39, 0.29) is 24.5 Å². The van der Waals surface area contributed by atoms with E-state index in [1.54, 1.807) is 17.0 Å². The quantitative estimate of drug-likeness (QED) is 0.751. The summed E-state index contributed by atoms with van der Waals surface area (Å²) in [5.41, 5.74) is 1.23. The van der Waals surface area contributed by atoms with E-state index in [1.165, 1.54) is 27.7 Å². The standard InChI is InChI=1S/C19H17FN4O3/c20-13-6-7-16-15(12-13)21-17(22-8-10-23(11-9-22)19(26)27)18(25)24(16)14-4-2-1-3-5-14/h1-7,12H,8-11H2,(H,26,27). The third-order valence-electron chi connectivity index (χ3n) is 4.66. The number of aromatic nitrogens is 2. The zero-order valence-corrected chi connectivity index (χ0v) is 14.4. The van der Waals surface area contributed by atoms with Crippen LogP contribution in [0.2, 0.25) is 0 Å². The summed E-state index contributed by atoms with van der Waals surface area (Å²) in [5, 5.41) is 9.10. The maximum absolute atomic E-state index is 13.8. The number of para-hydroxylation sites is 1. The number of amides is 1. The average molecular weight is 368 g/mol. The Hall–Kier alpha value is -3.42. The van der Waals surface area contributed by atoms with E-state index in [1.807, 2.05) is 18.2 Å². The smallest absolute Gasteiger partial charge is 0.407 e. The van der Waals surface area contributed by atoms with Crippen LogP contribution in [0.5, 0.6) is 0 Å². The molecule has 0 unspecified atom stereocenters. The summed E-state index contributed by atoms with van der Waals surface area (Å²) < 4.78 is 15.3. The lowest BCUT2D eigenvalue weighted by molar-refractivity contribution is 0.142. The SMILES string of the molecule is O=C(O)N1CCN(c2nc3cc(F)ccc3n(-c3ccccc3)c2=O)CC1. The Morgan fingerprint density at radius 1 is 1.04 bits per heavy atom. The van der Waals surface area contributed by atoms with Gasteiger partial charge in [0.2, 0.25) is 0 Å². The molecule has 2 heterocycles. The highest BCUT2D eigenvalue weighted by Crippen LogP contribution is 2.20. The maximum Gasteiger partial charge on any atom is 0.407 e. The van der Waals surface area contributed by atoms with Crippen LogP contribution in [0.15, 0.2) is 53.3 Å². The molecule has 0 bridgehead atoms. The summed E-state index contributed by atoms with van der Waals surface area (Å²) in [5.74, 6) is -0.239. The first-order valence-electron chi connectivity index (χ1n) is 8.55. The highest BCUT2D eigenvalue weighted by atomic mass is 19.1. The number of rotatable bonds is 2. The van der Waals surface area contributed by atoms with Crippen molar-refractivity contribution in [1.29, 1.82) is 0 Å². The number of hydrogen-bond donors (Lipinski definition) is 1. The number of hydrogen-bond acceptors (Lipinski definition) is 4. The number of halogens is 1. The molecule has 1 aliphatic heterocycles. The third kappa shape index (κ3) is 3.10. The predicted molar refractivity (Wildman–Crippen MR) is 99.1 cm³/mol. The van der Waals surface area contributed by atoms with Crippen LogP contribution in [-0.2, 0) is 0 Å². The van der Waals surface area contributed by atoms with Gasteiger partial charge in [-0.05, 0) is 24.3 Å². The van der Waals surface area contributed by atoms with E-state index in [9.17, 15) is 14.0 Å². The Labute approximate surface area is 153 Å². The molecule has 0 spiro atoms. The molecule has 0 saturated carbocycles. The number of anilines is 1. The fourth-order valence-electron chi connectivity index (χ4n) is 3.30.